The number of ether oxygens (including phenoxy) is 1. The standard InChI is InChI=1S/C15H22F3NO2/c1-3-8-21-14-7-5-12(15(16,17)18)9-11(14)4-6-13(20)10(2)19/h5,7,9-10,13,20H,3-4,6,8,19H2,1-2H3. The molecule has 3 nitrogen and oxygen atoms in total. The van der Waals surface area contributed by atoms with Crippen LogP contribution in [0.25, 0.3) is 0 Å². The highest BCUT2D eigenvalue weighted by atomic mass is 19.4. The summed E-state index contributed by atoms with van der Waals surface area (Å²) in [6.45, 7) is 4.02. The maximum Gasteiger partial charge on any atom is 0.416 e. The Morgan fingerprint density at radius 2 is 2.00 bits per heavy atom. The minimum Gasteiger partial charge on any atom is -0.493 e. The average Bonchev–Trinajstić information content (AvgIpc) is 2.41. The molecular formula is C15H22F3NO2. The lowest BCUT2D eigenvalue weighted by atomic mass is 10.0. The largest absolute Gasteiger partial charge is 0.493 e. The van der Waals surface area contributed by atoms with Gasteiger partial charge in [-0.1, -0.05) is 6.92 Å². The van der Waals surface area contributed by atoms with Crippen molar-refractivity contribution in [3.63, 3.8) is 0 Å². The summed E-state index contributed by atoms with van der Waals surface area (Å²) in [5, 5.41) is 9.70. The van der Waals surface area contributed by atoms with E-state index in [2.05, 4.69) is 0 Å². The molecule has 3 N–H and O–H groups in total. The van der Waals surface area contributed by atoms with E-state index in [0.717, 1.165) is 18.6 Å². The maximum absolute atomic E-state index is 12.8. The van der Waals surface area contributed by atoms with Gasteiger partial charge in [-0.2, -0.15) is 13.2 Å². The molecule has 0 radical (unpaired) electrons. The molecule has 0 aliphatic carbocycles. The Balaban J connectivity index is 2.93. The molecule has 2 atom stereocenters. The number of nitrogens with two attached hydrogens (primary N) is 1. The van der Waals surface area contributed by atoms with E-state index in [1.165, 1.54) is 6.07 Å². The third-order valence-electron chi connectivity index (χ3n) is 3.17. The molecule has 0 spiro atoms. The van der Waals surface area contributed by atoms with Gasteiger partial charge in [0.2, 0.25) is 0 Å². The van der Waals surface area contributed by atoms with E-state index >= 15 is 0 Å². The zero-order valence-corrected chi connectivity index (χ0v) is 12.3. The fraction of sp³-hybridized carbons (Fsp3) is 0.600. The highest BCUT2D eigenvalue weighted by Gasteiger charge is 2.31. The quantitative estimate of drug-likeness (QED) is 0.813. The van der Waals surface area contributed by atoms with E-state index in [1.807, 2.05) is 6.92 Å². The van der Waals surface area contributed by atoms with Gasteiger partial charge in [0, 0.05) is 6.04 Å². The van der Waals surface area contributed by atoms with Crippen molar-refractivity contribution in [1.29, 1.82) is 0 Å². The summed E-state index contributed by atoms with van der Waals surface area (Å²) in [4.78, 5) is 0. The molecule has 0 amide bonds. The van der Waals surface area contributed by atoms with Crippen molar-refractivity contribution in [2.75, 3.05) is 6.61 Å². The smallest absolute Gasteiger partial charge is 0.416 e. The molecule has 21 heavy (non-hydrogen) atoms. The molecule has 0 bridgehead atoms. The second kappa shape index (κ2) is 7.66. The van der Waals surface area contributed by atoms with Crippen LogP contribution in [0.5, 0.6) is 5.75 Å². The van der Waals surface area contributed by atoms with Crippen molar-refractivity contribution in [2.24, 2.45) is 5.73 Å². The number of alkyl halides is 3. The predicted octanol–water partition coefficient (Wildman–Crippen LogP) is 3.13. The lowest BCUT2D eigenvalue weighted by Crippen LogP contribution is -2.31. The first-order valence-electron chi connectivity index (χ1n) is 7.02. The molecule has 6 heteroatoms. The van der Waals surface area contributed by atoms with Gasteiger partial charge >= 0.3 is 6.18 Å². The number of halogens is 3. The van der Waals surface area contributed by atoms with Gasteiger partial charge in [0.1, 0.15) is 5.75 Å². The highest BCUT2D eigenvalue weighted by molar-refractivity contribution is 5.38. The fourth-order valence-electron chi connectivity index (χ4n) is 1.87. The number of rotatable bonds is 7. The molecule has 0 aliphatic rings. The summed E-state index contributed by atoms with van der Waals surface area (Å²) in [6, 6.07) is 3.01. The van der Waals surface area contributed by atoms with Crippen LogP contribution in [-0.4, -0.2) is 23.9 Å². The lowest BCUT2D eigenvalue weighted by Gasteiger charge is -2.17. The van der Waals surface area contributed by atoms with Crippen LogP contribution < -0.4 is 10.5 Å². The summed E-state index contributed by atoms with van der Waals surface area (Å²) < 4.78 is 43.8. The summed E-state index contributed by atoms with van der Waals surface area (Å²) in [7, 11) is 0. The second-order valence-electron chi connectivity index (χ2n) is 5.13. The molecule has 0 aliphatic heterocycles. The number of aryl methyl sites for hydroxylation is 1. The van der Waals surface area contributed by atoms with Gasteiger partial charge in [-0.3, -0.25) is 0 Å². The van der Waals surface area contributed by atoms with Crippen molar-refractivity contribution >= 4 is 0 Å². The number of aliphatic hydroxyl groups excluding tert-OH is 1. The molecule has 0 saturated carbocycles. The van der Waals surface area contributed by atoms with Crippen LogP contribution in [0.3, 0.4) is 0 Å². The minimum absolute atomic E-state index is 0.283. The van der Waals surface area contributed by atoms with E-state index in [1.54, 1.807) is 6.92 Å². The molecular weight excluding hydrogens is 283 g/mol. The van der Waals surface area contributed by atoms with E-state index in [4.69, 9.17) is 10.5 Å². The van der Waals surface area contributed by atoms with E-state index < -0.39 is 23.9 Å². The van der Waals surface area contributed by atoms with Crippen molar-refractivity contribution in [3.05, 3.63) is 29.3 Å². The van der Waals surface area contributed by atoms with Gasteiger partial charge in [0.25, 0.3) is 0 Å². The molecule has 120 valence electrons. The molecule has 1 rings (SSSR count). The fourth-order valence-corrected chi connectivity index (χ4v) is 1.87. The monoisotopic (exact) mass is 305 g/mol. The van der Waals surface area contributed by atoms with Crippen molar-refractivity contribution < 1.29 is 23.0 Å². The number of benzene rings is 1. The van der Waals surface area contributed by atoms with Gasteiger partial charge in [0.05, 0.1) is 18.3 Å². The van der Waals surface area contributed by atoms with Crippen LogP contribution in [0.4, 0.5) is 13.2 Å². The van der Waals surface area contributed by atoms with E-state index in [9.17, 15) is 18.3 Å². The Bertz CT molecular complexity index is 447. The highest BCUT2D eigenvalue weighted by Crippen LogP contribution is 2.33. The third-order valence-corrected chi connectivity index (χ3v) is 3.17. The Kier molecular flexibility index (Phi) is 6.48. The number of aliphatic hydroxyl groups is 1. The van der Waals surface area contributed by atoms with Crippen molar-refractivity contribution in [3.8, 4) is 5.75 Å². The minimum atomic E-state index is -4.39. The van der Waals surface area contributed by atoms with Crippen LogP contribution >= 0.6 is 0 Å². The summed E-state index contributed by atoms with van der Waals surface area (Å²) in [6.07, 6.45) is -3.80. The van der Waals surface area contributed by atoms with Gasteiger partial charge in [-0.05, 0) is 49.9 Å². The summed E-state index contributed by atoms with van der Waals surface area (Å²) >= 11 is 0. The average molecular weight is 305 g/mol. The molecule has 1 aromatic carbocycles. The van der Waals surface area contributed by atoms with Gasteiger partial charge in [-0.15, -0.1) is 0 Å². The van der Waals surface area contributed by atoms with E-state index in [-0.39, 0.29) is 6.42 Å². The SMILES string of the molecule is CCCOc1ccc(C(F)(F)F)cc1CCC(O)C(C)N. The second-order valence-corrected chi connectivity index (χ2v) is 5.13. The molecule has 0 heterocycles. The zero-order valence-electron chi connectivity index (χ0n) is 12.3. The molecule has 0 fully saturated rings. The van der Waals surface area contributed by atoms with Crippen LogP contribution in [0.2, 0.25) is 0 Å². The van der Waals surface area contributed by atoms with Crippen molar-refractivity contribution in [2.45, 2.75) is 51.4 Å². The first-order chi connectivity index (χ1) is 9.75. The first kappa shape index (κ1) is 17.8. The first-order valence-corrected chi connectivity index (χ1v) is 7.02. The summed E-state index contributed by atoms with van der Waals surface area (Å²) in [5.74, 6) is 0.432. The molecule has 0 saturated heterocycles. The van der Waals surface area contributed by atoms with Crippen molar-refractivity contribution in [1.82, 2.24) is 0 Å². The van der Waals surface area contributed by atoms with Gasteiger partial charge in [-0.25, -0.2) is 0 Å². The lowest BCUT2D eigenvalue weighted by molar-refractivity contribution is -0.137. The molecule has 0 aromatic heterocycles. The summed E-state index contributed by atoms with van der Waals surface area (Å²) in [5.41, 5.74) is 5.29. The number of hydrogen-bond acceptors (Lipinski definition) is 3. The normalized spacial score (nSPS) is 14.8. The number of hydrogen-bond donors (Lipinski definition) is 2. The van der Waals surface area contributed by atoms with Crippen LogP contribution in [0.15, 0.2) is 18.2 Å². The van der Waals surface area contributed by atoms with Crippen LogP contribution in [0, 0.1) is 0 Å². The molecule has 2 unspecified atom stereocenters. The Hall–Kier alpha value is -1.27. The topological polar surface area (TPSA) is 55.5 Å². The Labute approximate surface area is 122 Å². The third kappa shape index (κ3) is 5.55. The van der Waals surface area contributed by atoms with E-state index in [0.29, 0.717) is 24.3 Å². The van der Waals surface area contributed by atoms with Crippen LogP contribution in [0.1, 0.15) is 37.8 Å². The zero-order chi connectivity index (χ0) is 16.0. The van der Waals surface area contributed by atoms with Crippen LogP contribution in [-0.2, 0) is 12.6 Å². The van der Waals surface area contributed by atoms with Gasteiger partial charge in [0.15, 0.2) is 0 Å². The molecule has 1 aromatic rings. The Morgan fingerprint density at radius 1 is 1.33 bits per heavy atom. The predicted molar refractivity (Wildman–Crippen MR) is 75.2 cm³/mol. The maximum atomic E-state index is 12.8. The Morgan fingerprint density at radius 3 is 2.52 bits per heavy atom. The van der Waals surface area contributed by atoms with Gasteiger partial charge < -0.3 is 15.6 Å².